The van der Waals surface area contributed by atoms with E-state index in [2.05, 4.69) is 10.5 Å². The SMILES string of the molecule is Cc1cc(NC(=O)[C@@H](c2ccccc2)N2CCC[C@@H](O)C2)no1. The molecule has 0 aliphatic carbocycles. The fraction of sp³-hybridized carbons (Fsp3) is 0.412. The fourth-order valence-electron chi connectivity index (χ4n) is 3.00. The van der Waals surface area contributed by atoms with Crippen molar-refractivity contribution in [3.63, 3.8) is 0 Å². The summed E-state index contributed by atoms with van der Waals surface area (Å²) in [6.45, 7) is 3.05. The van der Waals surface area contributed by atoms with Crippen LogP contribution < -0.4 is 5.32 Å². The Labute approximate surface area is 135 Å². The second kappa shape index (κ2) is 6.93. The van der Waals surface area contributed by atoms with E-state index in [9.17, 15) is 9.90 Å². The largest absolute Gasteiger partial charge is 0.392 e. The first-order chi connectivity index (χ1) is 11.1. The van der Waals surface area contributed by atoms with Crippen molar-refractivity contribution in [2.45, 2.75) is 31.9 Å². The zero-order valence-corrected chi connectivity index (χ0v) is 13.1. The Balaban J connectivity index is 1.83. The molecule has 1 aromatic heterocycles. The summed E-state index contributed by atoms with van der Waals surface area (Å²) in [4.78, 5) is 14.8. The molecule has 0 saturated carbocycles. The molecule has 122 valence electrons. The molecule has 2 atom stereocenters. The normalized spacial score (nSPS) is 20.2. The highest BCUT2D eigenvalue weighted by Crippen LogP contribution is 2.26. The molecule has 2 heterocycles. The van der Waals surface area contributed by atoms with Gasteiger partial charge < -0.3 is 14.9 Å². The number of anilines is 1. The van der Waals surface area contributed by atoms with Gasteiger partial charge in [-0.1, -0.05) is 35.5 Å². The summed E-state index contributed by atoms with van der Waals surface area (Å²) in [5.41, 5.74) is 0.902. The van der Waals surface area contributed by atoms with Crippen LogP contribution in [-0.4, -0.2) is 40.3 Å². The lowest BCUT2D eigenvalue weighted by Crippen LogP contribution is -2.44. The maximum Gasteiger partial charge on any atom is 0.247 e. The first-order valence-corrected chi connectivity index (χ1v) is 7.85. The Morgan fingerprint density at radius 1 is 1.43 bits per heavy atom. The molecule has 1 saturated heterocycles. The number of aromatic nitrogens is 1. The molecule has 2 aromatic rings. The van der Waals surface area contributed by atoms with Crippen molar-refractivity contribution >= 4 is 11.7 Å². The summed E-state index contributed by atoms with van der Waals surface area (Å²) in [6, 6.07) is 10.8. The molecule has 6 nitrogen and oxygen atoms in total. The average molecular weight is 315 g/mol. The zero-order valence-electron chi connectivity index (χ0n) is 13.1. The zero-order chi connectivity index (χ0) is 16.2. The molecular formula is C17H21N3O3. The molecule has 3 rings (SSSR count). The minimum absolute atomic E-state index is 0.168. The molecule has 23 heavy (non-hydrogen) atoms. The predicted octanol–water partition coefficient (Wildman–Crippen LogP) is 2.12. The third-order valence-corrected chi connectivity index (χ3v) is 4.04. The number of β-amino-alcohol motifs (C(OH)–C–C–N with tert-alkyl or cyclic N) is 1. The van der Waals surface area contributed by atoms with Gasteiger partial charge in [-0.2, -0.15) is 0 Å². The number of amides is 1. The summed E-state index contributed by atoms with van der Waals surface area (Å²) in [5, 5.41) is 16.6. The summed E-state index contributed by atoms with van der Waals surface area (Å²) < 4.78 is 5.00. The smallest absolute Gasteiger partial charge is 0.247 e. The minimum atomic E-state index is -0.455. The number of hydrogen-bond acceptors (Lipinski definition) is 5. The van der Waals surface area contributed by atoms with E-state index in [0.29, 0.717) is 18.1 Å². The van der Waals surface area contributed by atoms with Gasteiger partial charge in [0.15, 0.2) is 5.82 Å². The number of benzene rings is 1. The van der Waals surface area contributed by atoms with Crippen molar-refractivity contribution in [1.29, 1.82) is 0 Å². The number of aliphatic hydroxyl groups excluding tert-OH is 1. The molecule has 1 amide bonds. The van der Waals surface area contributed by atoms with E-state index in [0.717, 1.165) is 24.9 Å². The van der Waals surface area contributed by atoms with Crippen LogP contribution >= 0.6 is 0 Å². The number of piperidine rings is 1. The lowest BCUT2D eigenvalue weighted by Gasteiger charge is -2.35. The van der Waals surface area contributed by atoms with Gasteiger partial charge in [0.2, 0.25) is 5.91 Å². The molecule has 6 heteroatoms. The summed E-state index contributed by atoms with van der Waals surface area (Å²) in [7, 11) is 0. The molecule has 1 aliphatic rings. The Hall–Kier alpha value is -2.18. The van der Waals surface area contributed by atoms with Gasteiger partial charge in [0.25, 0.3) is 0 Å². The number of hydrogen-bond donors (Lipinski definition) is 2. The van der Waals surface area contributed by atoms with Crippen molar-refractivity contribution in [3.05, 3.63) is 47.7 Å². The second-order valence-electron chi connectivity index (χ2n) is 5.92. The van der Waals surface area contributed by atoms with Gasteiger partial charge in [0.1, 0.15) is 11.8 Å². The van der Waals surface area contributed by atoms with E-state index in [1.54, 1.807) is 13.0 Å². The molecule has 1 aliphatic heterocycles. The Bertz CT molecular complexity index is 656. The maximum atomic E-state index is 12.8. The highest BCUT2D eigenvalue weighted by atomic mass is 16.5. The third-order valence-electron chi connectivity index (χ3n) is 4.04. The van der Waals surface area contributed by atoms with Crippen LogP contribution in [0.4, 0.5) is 5.82 Å². The lowest BCUT2D eigenvalue weighted by molar-refractivity contribution is -0.122. The van der Waals surface area contributed by atoms with Crippen molar-refractivity contribution in [1.82, 2.24) is 10.1 Å². The van der Waals surface area contributed by atoms with Crippen LogP contribution in [0, 0.1) is 6.92 Å². The van der Waals surface area contributed by atoms with E-state index in [-0.39, 0.29) is 5.91 Å². The molecule has 0 radical (unpaired) electrons. The number of carbonyl (C=O) groups excluding carboxylic acids is 1. The number of nitrogens with one attached hydrogen (secondary N) is 1. The number of rotatable bonds is 4. The van der Waals surface area contributed by atoms with Gasteiger partial charge in [0.05, 0.1) is 6.10 Å². The van der Waals surface area contributed by atoms with E-state index in [4.69, 9.17) is 4.52 Å². The van der Waals surface area contributed by atoms with Gasteiger partial charge >= 0.3 is 0 Å². The van der Waals surface area contributed by atoms with Crippen molar-refractivity contribution in [3.8, 4) is 0 Å². The van der Waals surface area contributed by atoms with Crippen LogP contribution in [0.5, 0.6) is 0 Å². The molecule has 0 unspecified atom stereocenters. The Kier molecular flexibility index (Phi) is 4.73. The number of carbonyl (C=O) groups is 1. The first kappa shape index (κ1) is 15.7. The minimum Gasteiger partial charge on any atom is -0.392 e. The van der Waals surface area contributed by atoms with Gasteiger partial charge in [-0.3, -0.25) is 9.69 Å². The number of likely N-dealkylation sites (tertiary alicyclic amines) is 1. The summed E-state index contributed by atoms with van der Waals surface area (Å²) in [5.74, 6) is 0.884. The summed E-state index contributed by atoms with van der Waals surface area (Å²) in [6.07, 6.45) is 1.26. The Morgan fingerprint density at radius 2 is 2.22 bits per heavy atom. The van der Waals surface area contributed by atoms with Gasteiger partial charge in [-0.25, -0.2) is 0 Å². The molecule has 0 spiro atoms. The second-order valence-corrected chi connectivity index (χ2v) is 5.92. The van der Waals surface area contributed by atoms with E-state index in [1.807, 2.05) is 35.2 Å². The molecule has 1 fully saturated rings. The maximum absolute atomic E-state index is 12.8. The first-order valence-electron chi connectivity index (χ1n) is 7.85. The number of aryl methyl sites for hydroxylation is 1. The number of aliphatic hydroxyl groups is 1. The van der Waals surface area contributed by atoms with Crippen LogP contribution in [0.25, 0.3) is 0 Å². The molecule has 1 aromatic carbocycles. The standard InChI is InChI=1S/C17H21N3O3/c1-12-10-15(19-23-12)18-17(22)16(13-6-3-2-4-7-13)20-9-5-8-14(21)11-20/h2-4,6-7,10,14,16,21H,5,8-9,11H2,1H3,(H,18,19,22)/t14-,16-/m1/s1. The third kappa shape index (κ3) is 3.78. The quantitative estimate of drug-likeness (QED) is 0.903. The van der Waals surface area contributed by atoms with Crippen LogP contribution in [-0.2, 0) is 4.79 Å². The van der Waals surface area contributed by atoms with Crippen molar-refractivity contribution in [2.75, 3.05) is 18.4 Å². The van der Waals surface area contributed by atoms with Crippen LogP contribution in [0.15, 0.2) is 40.9 Å². The molecular weight excluding hydrogens is 294 g/mol. The van der Waals surface area contributed by atoms with Crippen LogP contribution in [0.1, 0.15) is 30.2 Å². The van der Waals surface area contributed by atoms with E-state index >= 15 is 0 Å². The predicted molar refractivity (Wildman–Crippen MR) is 85.9 cm³/mol. The molecule has 2 N–H and O–H groups in total. The van der Waals surface area contributed by atoms with E-state index < -0.39 is 12.1 Å². The van der Waals surface area contributed by atoms with Gasteiger partial charge in [-0.05, 0) is 31.9 Å². The van der Waals surface area contributed by atoms with Crippen LogP contribution in [0.3, 0.4) is 0 Å². The van der Waals surface area contributed by atoms with Gasteiger partial charge in [0, 0.05) is 12.6 Å². The van der Waals surface area contributed by atoms with Crippen molar-refractivity contribution in [2.24, 2.45) is 0 Å². The Morgan fingerprint density at radius 3 is 2.87 bits per heavy atom. The summed E-state index contributed by atoms with van der Waals surface area (Å²) >= 11 is 0. The topological polar surface area (TPSA) is 78.6 Å². The van der Waals surface area contributed by atoms with Gasteiger partial charge in [-0.15, -0.1) is 0 Å². The number of nitrogens with zero attached hydrogens (tertiary/aromatic N) is 2. The van der Waals surface area contributed by atoms with E-state index in [1.165, 1.54) is 0 Å². The molecule has 0 bridgehead atoms. The average Bonchev–Trinajstić information content (AvgIpc) is 2.94. The fourth-order valence-corrected chi connectivity index (χ4v) is 3.00. The monoisotopic (exact) mass is 315 g/mol. The lowest BCUT2D eigenvalue weighted by atomic mass is 10.00. The van der Waals surface area contributed by atoms with Crippen molar-refractivity contribution < 1.29 is 14.4 Å². The van der Waals surface area contributed by atoms with Crippen LogP contribution in [0.2, 0.25) is 0 Å². The highest BCUT2D eigenvalue weighted by Gasteiger charge is 2.31. The highest BCUT2D eigenvalue weighted by molar-refractivity contribution is 5.94.